The van der Waals surface area contributed by atoms with E-state index in [0.717, 1.165) is 8.64 Å². The van der Waals surface area contributed by atoms with Crippen LogP contribution in [0.15, 0.2) is 55.1 Å². The number of esters is 1. The molecule has 6 nitrogen and oxygen atoms in total. The van der Waals surface area contributed by atoms with Crippen molar-refractivity contribution in [2.75, 3.05) is 6.61 Å². The summed E-state index contributed by atoms with van der Waals surface area (Å²) in [4.78, 5) is 31.9. The molecule has 0 radical (unpaired) electrons. The number of fused-ring (bicyclic) bond motifs is 1. The lowest BCUT2D eigenvalue weighted by Crippen LogP contribution is -2.39. The predicted octanol–water partition coefficient (Wildman–Crippen LogP) is 3.06. The van der Waals surface area contributed by atoms with Crippen molar-refractivity contribution in [1.82, 2.24) is 4.57 Å². The third kappa shape index (κ3) is 3.42. The zero-order valence-electron chi connectivity index (χ0n) is 15.0. The quantitative estimate of drug-likeness (QED) is 0.387. The average molecular weight is 526 g/mol. The van der Waals surface area contributed by atoms with Gasteiger partial charge in [0.1, 0.15) is 11.8 Å². The van der Waals surface area contributed by atoms with Gasteiger partial charge >= 0.3 is 5.97 Å². The van der Waals surface area contributed by atoms with Crippen LogP contribution in [0.1, 0.15) is 30.5 Å². The molecule has 1 unspecified atom stereocenters. The smallest absolute Gasteiger partial charge is 0.338 e. The Hall–Kier alpha value is -1.98. The van der Waals surface area contributed by atoms with Crippen molar-refractivity contribution in [2.45, 2.75) is 19.9 Å². The summed E-state index contributed by atoms with van der Waals surface area (Å²) in [6, 6.07) is 6.92. The van der Waals surface area contributed by atoms with Crippen LogP contribution in [-0.4, -0.2) is 17.1 Å². The number of furan rings is 1. The SMILES string of the molecule is CCOC(=O)C1=C(C)N=c2s/c(=C/c3ccc(I)o3)c(=O)n2C1c1cccs1. The number of thiophene rings is 1. The van der Waals surface area contributed by atoms with Crippen molar-refractivity contribution in [3.8, 4) is 0 Å². The minimum atomic E-state index is -0.547. The Morgan fingerprint density at radius 2 is 2.25 bits per heavy atom. The highest BCUT2D eigenvalue weighted by molar-refractivity contribution is 14.1. The van der Waals surface area contributed by atoms with Gasteiger partial charge in [0.2, 0.25) is 0 Å². The maximum Gasteiger partial charge on any atom is 0.338 e. The molecule has 0 saturated carbocycles. The van der Waals surface area contributed by atoms with E-state index in [1.54, 1.807) is 24.5 Å². The molecule has 28 heavy (non-hydrogen) atoms. The van der Waals surface area contributed by atoms with Crippen LogP contribution in [-0.2, 0) is 9.53 Å². The third-order valence-electron chi connectivity index (χ3n) is 4.20. The molecule has 0 fully saturated rings. The van der Waals surface area contributed by atoms with Crippen LogP contribution in [0.4, 0.5) is 0 Å². The van der Waals surface area contributed by atoms with Crippen molar-refractivity contribution in [3.05, 3.63) is 75.0 Å². The number of nitrogens with zero attached hydrogens (tertiary/aromatic N) is 2. The first kappa shape index (κ1) is 19.3. The zero-order valence-corrected chi connectivity index (χ0v) is 18.8. The Labute approximate surface area is 181 Å². The third-order valence-corrected chi connectivity index (χ3v) is 6.68. The molecule has 3 aromatic heterocycles. The lowest BCUT2D eigenvalue weighted by atomic mass is 10.0. The minimum absolute atomic E-state index is 0.206. The predicted molar refractivity (Wildman–Crippen MR) is 116 cm³/mol. The van der Waals surface area contributed by atoms with Gasteiger partial charge in [0, 0.05) is 11.0 Å². The molecule has 0 N–H and O–H groups in total. The molecular weight excluding hydrogens is 511 g/mol. The largest absolute Gasteiger partial charge is 0.463 e. The first-order chi connectivity index (χ1) is 13.5. The Kier molecular flexibility index (Phi) is 5.39. The first-order valence-electron chi connectivity index (χ1n) is 8.48. The number of aromatic nitrogens is 1. The van der Waals surface area contributed by atoms with Crippen LogP contribution < -0.4 is 14.9 Å². The Morgan fingerprint density at radius 3 is 2.89 bits per heavy atom. The van der Waals surface area contributed by atoms with Gasteiger partial charge in [-0.1, -0.05) is 17.4 Å². The maximum absolute atomic E-state index is 13.2. The molecule has 144 valence electrons. The fraction of sp³-hybridized carbons (Fsp3) is 0.211. The summed E-state index contributed by atoms with van der Waals surface area (Å²) < 4.78 is 13.6. The summed E-state index contributed by atoms with van der Waals surface area (Å²) in [6.07, 6.45) is 1.71. The van der Waals surface area contributed by atoms with Crippen molar-refractivity contribution in [1.29, 1.82) is 0 Å². The van der Waals surface area contributed by atoms with E-state index >= 15 is 0 Å². The fourth-order valence-corrected chi connectivity index (χ4v) is 5.33. The summed E-state index contributed by atoms with van der Waals surface area (Å²) in [5.74, 6) is 0.153. The van der Waals surface area contributed by atoms with Crippen molar-refractivity contribution >= 4 is 57.3 Å². The van der Waals surface area contributed by atoms with E-state index in [1.165, 1.54) is 22.7 Å². The standard InChI is InChI=1S/C19H15IN2O4S2/c1-3-25-18(24)15-10(2)21-19-22(16(15)12-5-4-8-27-12)17(23)13(28-19)9-11-6-7-14(20)26-11/h4-9,16H,3H2,1-2H3/b13-9+. The number of thiazole rings is 1. The minimum Gasteiger partial charge on any atom is -0.463 e. The van der Waals surface area contributed by atoms with E-state index in [4.69, 9.17) is 9.15 Å². The molecule has 9 heteroatoms. The van der Waals surface area contributed by atoms with Gasteiger partial charge < -0.3 is 9.15 Å². The molecule has 3 aromatic rings. The Bertz CT molecular complexity index is 1250. The van der Waals surface area contributed by atoms with Gasteiger partial charge in [-0.3, -0.25) is 9.36 Å². The molecule has 0 bridgehead atoms. The highest BCUT2D eigenvalue weighted by Crippen LogP contribution is 2.33. The number of halogens is 1. The lowest BCUT2D eigenvalue weighted by molar-refractivity contribution is -0.139. The van der Waals surface area contributed by atoms with Crippen molar-refractivity contribution in [2.24, 2.45) is 4.99 Å². The highest BCUT2D eigenvalue weighted by atomic mass is 127. The van der Waals surface area contributed by atoms with Crippen LogP contribution in [0.5, 0.6) is 0 Å². The lowest BCUT2D eigenvalue weighted by Gasteiger charge is -2.23. The van der Waals surface area contributed by atoms with Crippen LogP contribution >= 0.6 is 45.3 Å². The molecule has 4 heterocycles. The summed E-state index contributed by atoms with van der Waals surface area (Å²) in [5.41, 5.74) is 0.760. The van der Waals surface area contributed by atoms with Crippen molar-refractivity contribution in [3.63, 3.8) is 0 Å². The topological polar surface area (TPSA) is 73.8 Å². The van der Waals surface area contributed by atoms with Crippen LogP contribution in [0, 0.1) is 3.77 Å². The van der Waals surface area contributed by atoms with Crippen LogP contribution in [0.2, 0.25) is 0 Å². The maximum atomic E-state index is 13.2. The average Bonchev–Trinajstić information content (AvgIpc) is 3.37. The summed E-state index contributed by atoms with van der Waals surface area (Å²) in [7, 11) is 0. The second-order valence-electron chi connectivity index (χ2n) is 5.96. The van der Waals surface area contributed by atoms with E-state index in [0.29, 0.717) is 26.4 Å². The molecule has 0 aromatic carbocycles. The number of rotatable bonds is 4. The molecule has 0 saturated heterocycles. The first-order valence-corrected chi connectivity index (χ1v) is 11.3. The van der Waals surface area contributed by atoms with Gasteiger partial charge in [-0.15, -0.1) is 11.3 Å². The Balaban J connectivity index is 1.95. The number of hydrogen-bond acceptors (Lipinski definition) is 7. The van der Waals surface area contributed by atoms with E-state index in [1.807, 2.05) is 29.6 Å². The molecule has 1 aliphatic heterocycles. The van der Waals surface area contributed by atoms with Gasteiger partial charge in [0.15, 0.2) is 8.57 Å². The summed E-state index contributed by atoms with van der Waals surface area (Å²) in [6.45, 7) is 3.79. The second-order valence-corrected chi connectivity index (χ2v) is 9.01. The second kappa shape index (κ2) is 7.80. The summed E-state index contributed by atoms with van der Waals surface area (Å²) in [5, 5.41) is 1.92. The number of carbonyl (C=O) groups is 1. The van der Waals surface area contributed by atoms with Crippen LogP contribution in [0.25, 0.3) is 6.08 Å². The van der Waals surface area contributed by atoms with Crippen LogP contribution in [0.3, 0.4) is 0 Å². The molecule has 1 atom stereocenters. The van der Waals surface area contributed by atoms with Gasteiger partial charge in [-0.2, -0.15) is 0 Å². The highest BCUT2D eigenvalue weighted by Gasteiger charge is 2.33. The molecule has 0 amide bonds. The fourth-order valence-electron chi connectivity index (χ4n) is 3.04. The number of carbonyl (C=O) groups excluding carboxylic acids is 1. The molecular formula is C19H15IN2O4S2. The zero-order chi connectivity index (χ0) is 19.8. The van der Waals surface area contributed by atoms with E-state index in [2.05, 4.69) is 27.6 Å². The Morgan fingerprint density at radius 1 is 1.43 bits per heavy atom. The van der Waals surface area contributed by atoms with Gasteiger partial charge in [-0.05, 0) is 60.0 Å². The number of allylic oxidation sites excluding steroid dienone is 1. The number of ether oxygens (including phenoxy) is 1. The monoisotopic (exact) mass is 526 g/mol. The van der Waals surface area contributed by atoms with Crippen molar-refractivity contribution < 1.29 is 13.9 Å². The van der Waals surface area contributed by atoms with E-state index < -0.39 is 12.0 Å². The molecule has 1 aliphatic rings. The molecule has 0 spiro atoms. The van der Waals surface area contributed by atoms with E-state index in [9.17, 15) is 9.59 Å². The van der Waals surface area contributed by atoms with Gasteiger partial charge in [-0.25, -0.2) is 9.79 Å². The molecule has 4 rings (SSSR count). The normalized spacial score (nSPS) is 16.8. The van der Waals surface area contributed by atoms with Gasteiger partial charge in [0.05, 0.1) is 22.4 Å². The number of hydrogen-bond donors (Lipinski definition) is 0. The van der Waals surface area contributed by atoms with Gasteiger partial charge in [0.25, 0.3) is 5.56 Å². The summed E-state index contributed by atoms with van der Waals surface area (Å²) >= 11 is 4.85. The van der Waals surface area contributed by atoms with E-state index in [-0.39, 0.29) is 12.2 Å². The molecule has 0 aliphatic carbocycles.